The summed E-state index contributed by atoms with van der Waals surface area (Å²) in [5.74, 6) is -0.741. The molecule has 2 atom stereocenters. The Hall–Kier alpha value is -2.22. The first-order chi connectivity index (χ1) is 11.7. The number of carboxylic acid groups (broad SMARTS) is 1. The molecule has 1 N–H and O–H groups in total. The van der Waals surface area contributed by atoms with Crippen LogP contribution in [0, 0.1) is 0 Å². The second-order valence-corrected chi connectivity index (χ2v) is 5.61. The SMILES string of the molecule is COC(OCc1ccccc1)N1CCC[C@H]1c1ocnc1C(=O)O. The third-order valence-electron chi connectivity index (χ3n) is 4.10. The number of nitrogens with zero attached hydrogens (tertiary/aromatic N) is 2. The number of hydrogen-bond donors (Lipinski definition) is 1. The van der Waals surface area contributed by atoms with Crippen LogP contribution < -0.4 is 0 Å². The molecule has 1 unspecified atom stereocenters. The molecule has 3 rings (SSSR count). The van der Waals surface area contributed by atoms with Gasteiger partial charge < -0.3 is 19.0 Å². The van der Waals surface area contributed by atoms with Gasteiger partial charge in [0, 0.05) is 13.7 Å². The van der Waals surface area contributed by atoms with Crippen LogP contribution in [0.3, 0.4) is 0 Å². The van der Waals surface area contributed by atoms with E-state index in [-0.39, 0.29) is 11.7 Å². The van der Waals surface area contributed by atoms with Crippen molar-refractivity contribution in [2.75, 3.05) is 13.7 Å². The minimum absolute atomic E-state index is 0.0511. The van der Waals surface area contributed by atoms with Crippen molar-refractivity contribution in [3.63, 3.8) is 0 Å². The van der Waals surface area contributed by atoms with Crippen molar-refractivity contribution in [1.29, 1.82) is 0 Å². The maximum absolute atomic E-state index is 11.3. The number of benzene rings is 1. The first-order valence-electron chi connectivity index (χ1n) is 7.81. The third-order valence-corrected chi connectivity index (χ3v) is 4.10. The predicted octanol–water partition coefficient (Wildman–Crippen LogP) is 2.66. The molecule has 1 aromatic heterocycles. The summed E-state index contributed by atoms with van der Waals surface area (Å²) < 4.78 is 16.7. The van der Waals surface area contributed by atoms with Crippen LogP contribution in [-0.2, 0) is 16.1 Å². The highest BCUT2D eigenvalue weighted by atomic mass is 16.7. The highest BCUT2D eigenvalue weighted by Gasteiger charge is 2.37. The summed E-state index contributed by atoms with van der Waals surface area (Å²) in [7, 11) is 1.57. The van der Waals surface area contributed by atoms with Gasteiger partial charge in [0.1, 0.15) is 0 Å². The average molecular weight is 332 g/mol. The number of oxazole rings is 1. The fourth-order valence-electron chi connectivity index (χ4n) is 3.02. The molecule has 7 heteroatoms. The van der Waals surface area contributed by atoms with E-state index in [1.54, 1.807) is 7.11 Å². The molecule has 0 saturated carbocycles. The van der Waals surface area contributed by atoms with Crippen molar-refractivity contribution in [2.24, 2.45) is 0 Å². The molecular formula is C17H20N2O5. The molecule has 128 valence electrons. The summed E-state index contributed by atoms with van der Waals surface area (Å²) in [6, 6.07) is 9.59. The van der Waals surface area contributed by atoms with Crippen LogP contribution in [0.4, 0.5) is 0 Å². The van der Waals surface area contributed by atoms with Crippen LogP contribution >= 0.6 is 0 Å². The number of hydrogen-bond acceptors (Lipinski definition) is 6. The first-order valence-corrected chi connectivity index (χ1v) is 7.81. The Morgan fingerprint density at radius 1 is 1.46 bits per heavy atom. The van der Waals surface area contributed by atoms with Gasteiger partial charge in [-0.15, -0.1) is 0 Å². The van der Waals surface area contributed by atoms with E-state index < -0.39 is 12.4 Å². The Balaban J connectivity index is 1.73. The fourth-order valence-corrected chi connectivity index (χ4v) is 3.02. The lowest BCUT2D eigenvalue weighted by atomic mass is 10.1. The van der Waals surface area contributed by atoms with Gasteiger partial charge in [-0.25, -0.2) is 14.7 Å². The Morgan fingerprint density at radius 2 is 2.25 bits per heavy atom. The Kier molecular flexibility index (Phi) is 5.24. The molecule has 7 nitrogen and oxygen atoms in total. The molecule has 1 fully saturated rings. The number of aromatic nitrogens is 1. The number of carboxylic acids is 1. The molecule has 1 aliphatic heterocycles. The van der Waals surface area contributed by atoms with E-state index in [2.05, 4.69) is 4.98 Å². The summed E-state index contributed by atoms with van der Waals surface area (Å²) in [6.45, 7) is 1.14. The van der Waals surface area contributed by atoms with Crippen molar-refractivity contribution in [3.8, 4) is 0 Å². The topological polar surface area (TPSA) is 85.0 Å². The van der Waals surface area contributed by atoms with Crippen LogP contribution in [-0.4, -0.2) is 41.0 Å². The second kappa shape index (κ2) is 7.57. The quantitative estimate of drug-likeness (QED) is 0.780. The van der Waals surface area contributed by atoms with E-state index in [1.807, 2.05) is 35.2 Å². The highest BCUT2D eigenvalue weighted by molar-refractivity contribution is 5.86. The average Bonchev–Trinajstić information content (AvgIpc) is 3.25. The number of likely N-dealkylation sites (tertiary alicyclic amines) is 1. The number of rotatable bonds is 7. The summed E-state index contributed by atoms with van der Waals surface area (Å²) in [5, 5.41) is 9.25. The Labute approximate surface area is 139 Å². The molecular weight excluding hydrogens is 312 g/mol. The van der Waals surface area contributed by atoms with Gasteiger partial charge in [-0.3, -0.25) is 0 Å². The van der Waals surface area contributed by atoms with E-state index in [4.69, 9.17) is 13.9 Å². The van der Waals surface area contributed by atoms with Gasteiger partial charge in [-0.2, -0.15) is 0 Å². The number of methoxy groups -OCH3 is 1. The maximum atomic E-state index is 11.3. The van der Waals surface area contributed by atoms with Crippen molar-refractivity contribution in [3.05, 3.63) is 53.7 Å². The lowest BCUT2D eigenvalue weighted by Gasteiger charge is -2.30. The summed E-state index contributed by atoms with van der Waals surface area (Å²) in [6.07, 6.45) is 2.26. The molecule has 1 aliphatic rings. The molecule has 1 aromatic carbocycles. The zero-order valence-corrected chi connectivity index (χ0v) is 13.4. The summed E-state index contributed by atoms with van der Waals surface area (Å²) in [4.78, 5) is 17.1. The molecule has 0 amide bonds. The van der Waals surface area contributed by atoms with Crippen molar-refractivity contribution in [2.45, 2.75) is 31.9 Å². The van der Waals surface area contributed by atoms with E-state index >= 15 is 0 Å². The molecule has 2 aromatic rings. The predicted molar refractivity (Wildman–Crippen MR) is 84.2 cm³/mol. The van der Waals surface area contributed by atoms with Crippen molar-refractivity contribution < 1.29 is 23.8 Å². The largest absolute Gasteiger partial charge is 0.476 e. The first kappa shape index (κ1) is 16.6. The van der Waals surface area contributed by atoms with Gasteiger partial charge in [0.25, 0.3) is 0 Å². The summed E-state index contributed by atoms with van der Waals surface area (Å²) in [5.41, 5.74) is 0.992. The Bertz CT molecular complexity index is 673. The van der Waals surface area contributed by atoms with Crippen LogP contribution in [0.2, 0.25) is 0 Å². The molecule has 1 saturated heterocycles. The lowest BCUT2D eigenvalue weighted by Crippen LogP contribution is -2.38. The smallest absolute Gasteiger partial charge is 0.358 e. The maximum Gasteiger partial charge on any atom is 0.358 e. The van der Waals surface area contributed by atoms with E-state index in [9.17, 15) is 9.90 Å². The van der Waals surface area contributed by atoms with Gasteiger partial charge in [-0.1, -0.05) is 30.3 Å². The monoisotopic (exact) mass is 332 g/mol. The summed E-state index contributed by atoms with van der Waals surface area (Å²) >= 11 is 0. The molecule has 0 bridgehead atoms. The zero-order valence-electron chi connectivity index (χ0n) is 13.4. The van der Waals surface area contributed by atoms with Crippen molar-refractivity contribution in [1.82, 2.24) is 9.88 Å². The molecule has 24 heavy (non-hydrogen) atoms. The van der Waals surface area contributed by atoms with Crippen LogP contribution in [0.1, 0.15) is 40.7 Å². The van der Waals surface area contributed by atoms with Crippen LogP contribution in [0.5, 0.6) is 0 Å². The molecule has 0 aliphatic carbocycles. The van der Waals surface area contributed by atoms with Gasteiger partial charge in [0.15, 0.2) is 17.8 Å². The van der Waals surface area contributed by atoms with Gasteiger partial charge in [0.2, 0.25) is 6.41 Å². The van der Waals surface area contributed by atoms with Gasteiger partial charge in [-0.05, 0) is 18.4 Å². The number of carbonyl (C=O) groups is 1. The molecule has 0 spiro atoms. The number of aromatic carboxylic acids is 1. The van der Waals surface area contributed by atoms with E-state index in [0.717, 1.165) is 24.9 Å². The van der Waals surface area contributed by atoms with E-state index in [0.29, 0.717) is 12.4 Å². The van der Waals surface area contributed by atoms with Crippen LogP contribution in [0.25, 0.3) is 0 Å². The normalized spacial score (nSPS) is 19.5. The third kappa shape index (κ3) is 3.48. The van der Waals surface area contributed by atoms with E-state index in [1.165, 1.54) is 6.39 Å². The zero-order chi connectivity index (χ0) is 16.9. The fraction of sp³-hybridized carbons (Fsp3) is 0.412. The lowest BCUT2D eigenvalue weighted by molar-refractivity contribution is -0.223. The molecule has 2 heterocycles. The number of ether oxygens (including phenoxy) is 2. The minimum Gasteiger partial charge on any atom is -0.476 e. The van der Waals surface area contributed by atoms with Gasteiger partial charge >= 0.3 is 5.97 Å². The minimum atomic E-state index is -1.09. The standard InChI is InChI=1S/C17H20N2O5/c1-22-17(23-10-12-6-3-2-4-7-12)19-9-5-8-13(19)15-14(16(20)21)18-11-24-15/h2-4,6-7,11,13,17H,5,8-10H2,1H3,(H,20,21)/t13-,17?/m0/s1. The van der Waals surface area contributed by atoms with Crippen LogP contribution in [0.15, 0.2) is 41.1 Å². The van der Waals surface area contributed by atoms with Gasteiger partial charge in [0.05, 0.1) is 12.6 Å². The van der Waals surface area contributed by atoms with Crippen molar-refractivity contribution >= 4 is 5.97 Å². The molecule has 0 radical (unpaired) electrons. The second-order valence-electron chi connectivity index (χ2n) is 5.61. The Morgan fingerprint density at radius 3 is 2.96 bits per heavy atom. The highest BCUT2D eigenvalue weighted by Crippen LogP contribution is 2.35.